The largest absolute Gasteiger partial charge is 0.494 e. The van der Waals surface area contributed by atoms with Gasteiger partial charge in [-0.25, -0.2) is 0 Å². The van der Waals surface area contributed by atoms with E-state index in [0.29, 0.717) is 6.61 Å². The number of hydrogen-bond acceptors (Lipinski definition) is 2. The van der Waals surface area contributed by atoms with Crippen LogP contribution in [0.4, 0.5) is 0 Å². The molecule has 1 aromatic carbocycles. The van der Waals surface area contributed by atoms with Crippen LogP contribution in [0.3, 0.4) is 0 Å². The van der Waals surface area contributed by atoms with Crippen molar-refractivity contribution in [3.63, 3.8) is 0 Å². The fourth-order valence-corrected chi connectivity index (χ4v) is 1.57. The second-order valence-electron chi connectivity index (χ2n) is 3.74. The molecule has 0 heterocycles. The van der Waals surface area contributed by atoms with Crippen LogP contribution in [0.2, 0.25) is 0 Å². The maximum atomic E-state index is 9.09. The summed E-state index contributed by atoms with van der Waals surface area (Å²) in [6.45, 7) is 6.98. The Kier molecular flexibility index (Phi) is 4.63. The first-order chi connectivity index (χ1) is 7.22. The molecule has 0 aliphatic heterocycles. The molecule has 0 amide bonds. The quantitative estimate of drug-likeness (QED) is 0.806. The molecule has 0 radical (unpaired) electrons. The Morgan fingerprint density at radius 2 is 2.07 bits per heavy atom. The van der Waals surface area contributed by atoms with E-state index in [2.05, 4.69) is 19.1 Å². The van der Waals surface area contributed by atoms with Crippen LogP contribution in [0.25, 0.3) is 0 Å². The van der Waals surface area contributed by atoms with E-state index in [1.165, 1.54) is 5.56 Å². The van der Waals surface area contributed by atoms with Crippen molar-refractivity contribution in [3.8, 4) is 5.75 Å². The first kappa shape index (κ1) is 12.1. The van der Waals surface area contributed by atoms with Gasteiger partial charge in [0.25, 0.3) is 0 Å². The average Bonchev–Trinajstić information content (AvgIpc) is 2.28. The van der Waals surface area contributed by atoms with E-state index in [-0.39, 0.29) is 12.5 Å². The Morgan fingerprint density at radius 3 is 2.60 bits per heavy atom. The minimum Gasteiger partial charge on any atom is -0.494 e. The Balaban J connectivity index is 2.98. The predicted octanol–water partition coefficient (Wildman–Crippen LogP) is 2.74. The highest BCUT2D eigenvalue weighted by Gasteiger charge is 2.08. The number of aryl methyl sites for hydroxylation is 1. The zero-order chi connectivity index (χ0) is 11.3. The van der Waals surface area contributed by atoms with E-state index >= 15 is 0 Å². The maximum Gasteiger partial charge on any atom is 0.122 e. The smallest absolute Gasteiger partial charge is 0.122 e. The summed E-state index contributed by atoms with van der Waals surface area (Å²) in [4.78, 5) is 0. The highest BCUT2D eigenvalue weighted by atomic mass is 16.5. The van der Waals surface area contributed by atoms with Gasteiger partial charge in [0.15, 0.2) is 0 Å². The van der Waals surface area contributed by atoms with Crippen LogP contribution in [0.5, 0.6) is 5.75 Å². The molecule has 1 aromatic rings. The number of aliphatic hydroxyl groups is 1. The van der Waals surface area contributed by atoms with Crippen molar-refractivity contribution < 1.29 is 9.84 Å². The van der Waals surface area contributed by atoms with E-state index in [0.717, 1.165) is 17.7 Å². The number of rotatable bonds is 5. The normalized spacial score (nSPS) is 12.5. The molecule has 0 aliphatic carbocycles. The van der Waals surface area contributed by atoms with Gasteiger partial charge >= 0.3 is 0 Å². The van der Waals surface area contributed by atoms with Gasteiger partial charge < -0.3 is 9.84 Å². The molecule has 1 atom stereocenters. The molecular formula is C13H20O2. The summed E-state index contributed by atoms with van der Waals surface area (Å²) in [6, 6.07) is 6.21. The van der Waals surface area contributed by atoms with Crippen molar-refractivity contribution in [2.75, 3.05) is 13.2 Å². The molecule has 0 aromatic heterocycles. The van der Waals surface area contributed by atoms with E-state index in [9.17, 15) is 0 Å². The highest BCUT2D eigenvalue weighted by molar-refractivity contribution is 5.38. The van der Waals surface area contributed by atoms with E-state index < -0.39 is 0 Å². The van der Waals surface area contributed by atoms with Crippen molar-refractivity contribution in [2.45, 2.75) is 33.1 Å². The summed E-state index contributed by atoms with van der Waals surface area (Å²) in [5.74, 6) is 1.13. The maximum absolute atomic E-state index is 9.09. The van der Waals surface area contributed by atoms with Crippen molar-refractivity contribution in [2.24, 2.45) is 0 Å². The van der Waals surface area contributed by atoms with Crippen LogP contribution < -0.4 is 4.74 Å². The molecule has 0 aliphatic rings. The number of aliphatic hydroxyl groups excluding tert-OH is 1. The second kappa shape index (κ2) is 5.76. The summed E-state index contributed by atoms with van der Waals surface area (Å²) in [7, 11) is 0. The average molecular weight is 208 g/mol. The molecule has 0 saturated carbocycles. The molecule has 84 valence electrons. The molecule has 0 fully saturated rings. The zero-order valence-corrected chi connectivity index (χ0v) is 9.79. The fraction of sp³-hybridized carbons (Fsp3) is 0.538. The molecule has 0 saturated heterocycles. The zero-order valence-electron chi connectivity index (χ0n) is 9.79. The molecule has 0 bridgehead atoms. The van der Waals surface area contributed by atoms with Crippen LogP contribution in [0, 0.1) is 0 Å². The molecule has 2 nitrogen and oxygen atoms in total. The summed E-state index contributed by atoms with van der Waals surface area (Å²) in [6.07, 6.45) is 0.975. The van der Waals surface area contributed by atoms with E-state index in [1.807, 2.05) is 19.9 Å². The minimum absolute atomic E-state index is 0.176. The monoisotopic (exact) mass is 208 g/mol. The van der Waals surface area contributed by atoms with Crippen molar-refractivity contribution >= 4 is 0 Å². The first-order valence-electron chi connectivity index (χ1n) is 5.59. The fourth-order valence-electron chi connectivity index (χ4n) is 1.57. The summed E-state index contributed by atoms with van der Waals surface area (Å²) >= 11 is 0. The van der Waals surface area contributed by atoms with Crippen LogP contribution in [0.1, 0.15) is 37.8 Å². The predicted molar refractivity (Wildman–Crippen MR) is 62.5 cm³/mol. The summed E-state index contributed by atoms with van der Waals surface area (Å²) in [5.41, 5.74) is 2.36. The van der Waals surface area contributed by atoms with Gasteiger partial charge in [-0.05, 0) is 30.5 Å². The second-order valence-corrected chi connectivity index (χ2v) is 3.74. The highest BCUT2D eigenvalue weighted by Crippen LogP contribution is 2.25. The Labute approximate surface area is 91.9 Å². The van der Waals surface area contributed by atoms with Gasteiger partial charge in [-0.3, -0.25) is 0 Å². The number of hydrogen-bond donors (Lipinski definition) is 1. The van der Waals surface area contributed by atoms with Crippen LogP contribution in [-0.4, -0.2) is 18.3 Å². The van der Waals surface area contributed by atoms with Crippen LogP contribution in [-0.2, 0) is 6.42 Å². The van der Waals surface area contributed by atoms with Gasteiger partial charge in [0.2, 0.25) is 0 Å². The van der Waals surface area contributed by atoms with Gasteiger partial charge in [-0.1, -0.05) is 26.0 Å². The third kappa shape index (κ3) is 2.96. The van der Waals surface area contributed by atoms with E-state index in [4.69, 9.17) is 9.84 Å². The summed E-state index contributed by atoms with van der Waals surface area (Å²) in [5, 5.41) is 9.09. The van der Waals surface area contributed by atoms with Gasteiger partial charge in [0.05, 0.1) is 6.61 Å². The molecule has 1 unspecified atom stereocenters. The Hall–Kier alpha value is -1.02. The Morgan fingerprint density at radius 1 is 1.33 bits per heavy atom. The molecule has 15 heavy (non-hydrogen) atoms. The topological polar surface area (TPSA) is 29.5 Å². The Bertz CT molecular complexity index is 307. The van der Waals surface area contributed by atoms with Crippen molar-refractivity contribution in [1.82, 2.24) is 0 Å². The van der Waals surface area contributed by atoms with Crippen molar-refractivity contribution in [1.29, 1.82) is 0 Å². The molecule has 2 heteroatoms. The molecule has 1 rings (SSSR count). The third-order valence-electron chi connectivity index (χ3n) is 2.61. The first-order valence-corrected chi connectivity index (χ1v) is 5.59. The molecule has 0 spiro atoms. The van der Waals surface area contributed by atoms with Crippen molar-refractivity contribution in [3.05, 3.63) is 29.3 Å². The molecular weight excluding hydrogens is 188 g/mol. The van der Waals surface area contributed by atoms with Crippen LogP contribution in [0.15, 0.2) is 18.2 Å². The van der Waals surface area contributed by atoms with Gasteiger partial charge in [-0.2, -0.15) is 0 Å². The lowest BCUT2D eigenvalue weighted by molar-refractivity contribution is 0.272. The van der Waals surface area contributed by atoms with Gasteiger partial charge in [0.1, 0.15) is 5.75 Å². The van der Waals surface area contributed by atoms with Gasteiger partial charge in [-0.15, -0.1) is 0 Å². The third-order valence-corrected chi connectivity index (χ3v) is 2.61. The minimum atomic E-state index is 0.176. The van der Waals surface area contributed by atoms with E-state index in [1.54, 1.807) is 0 Å². The van der Waals surface area contributed by atoms with Crippen LogP contribution >= 0.6 is 0 Å². The van der Waals surface area contributed by atoms with Gasteiger partial charge in [0, 0.05) is 12.5 Å². The standard InChI is InChI=1S/C13H20O2/c1-4-11-6-7-12(10(3)9-14)8-13(11)15-5-2/h6-8,10,14H,4-5,9H2,1-3H3. The number of benzene rings is 1. The molecule has 1 N–H and O–H groups in total. The number of ether oxygens (including phenoxy) is 1. The lowest BCUT2D eigenvalue weighted by atomic mass is 9.99. The lowest BCUT2D eigenvalue weighted by Crippen LogP contribution is -2.02. The SMILES string of the molecule is CCOc1cc(C(C)CO)ccc1CC. The lowest BCUT2D eigenvalue weighted by Gasteiger charge is -2.13. The summed E-state index contributed by atoms with van der Waals surface area (Å²) < 4.78 is 5.58.